The van der Waals surface area contributed by atoms with E-state index in [2.05, 4.69) is 36.8 Å². The Balaban J connectivity index is 2.42. The summed E-state index contributed by atoms with van der Waals surface area (Å²) in [5, 5.41) is 0. The third kappa shape index (κ3) is 2.29. The van der Waals surface area contributed by atoms with Gasteiger partial charge in [-0.3, -0.25) is 0 Å². The van der Waals surface area contributed by atoms with Crippen LogP contribution in [0.25, 0.3) is 11.0 Å². The van der Waals surface area contributed by atoms with Gasteiger partial charge >= 0.3 is 5.69 Å². The second kappa shape index (κ2) is 3.26. The first-order chi connectivity index (χ1) is 6.94. The van der Waals surface area contributed by atoms with Crippen molar-refractivity contribution in [3.8, 4) is 0 Å². The summed E-state index contributed by atoms with van der Waals surface area (Å²) in [5.41, 5.74) is 3.15. The van der Waals surface area contributed by atoms with Crippen LogP contribution in [0.2, 0.25) is 0 Å². The van der Waals surface area contributed by atoms with Crippen LogP contribution in [0.1, 0.15) is 26.3 Å². The molecule has 80 valence electrons. The first-order valence-electron chi connectivity index (χ1n) is 5.15. The summed E-state index contributed by atoms with van der Waals surface area (Å²) in [5.74, 6) is 0. The van der Waals surface area contributed by atoms with Crippen LogP contribution in [0.5, 0.6) is 0 Å². The Labute approximate surface area is 88.5 Å². The number of hydrogen-bond acceptors (Lipinski definition) is 1. The molecule has 15 heavy (non-hydrogen) atoms. The molecule has 1 aromatic carbocycles. The van der Waals surface area contributed by atoms with E-state index in [1.165, 1.54) is 5.56 Å². The lowest BCUT2D eigenvalue weighted by Gasteiger charge is -2.17. The molecule has 2 rings (SSSR count). The molecule has 3 nitrogen and oxygen atoms in total. The van der Waals surface area contributed by atoms with Crippen LogP contribution in [-0.4, -0.2) is 9.97 Å². The van der Waals surface area contributed by atoms with Gasteiger partial charge in [0.2, 0.25) is 0 Å². The number of aromatic nitrogens is 2. The fourth-order valence-electron chi connectivity index (χ4n) is 1.80. The Morgan fingerprint density at radius 3 is 2.47 bits per heavy atom. The van der Waals surface area contributed by atoms with Crippen LogP contribution < -0.4 is 5.69 Å². The highest BCUT2D eigenvalue weighted by atomic mass is 16.1. The van der Waals surface area contributed by atoms with Crippen LogP contribution >= 0.6 is 0 Å². The summed E-state index contributed by atoms with van der Waals surface area (Å²) < 4.78 is 0. The summed E-state index contributed by atoms with van der Waals surface area (Å²) in [7, 11) is 0. The lowest BCUT2D eigenvalue weighted by atomic mass is 9.88. The summed E-state index contributed by atoms with van der Waals surface area (Å²) in [4.78, 5) is 16.6. The van der Waals surface area contributed by atoms with Crippen molar-refractivity contribution < 1.29 is 0 Å². The number of benzene rings is 1. The zero-order chi connectivity index (χ0) is 11.1. The van der Waals surface area contributed by atoms with Gasteiger partial charge < -0.3 is 9.97 Å². The third-order valence-electron chi connectivity index (χ3n) is 2.31. The lowest BCUT2D eigenvalue weighted by Crippen LogP contribution is -2.08. The minimum absolute atomic E-state index is 0.141. The van der Waals surface area contributed by atoms with Crippen LogP contribution in [0.4, 0.5) is 0 Å². The number of nitrogens with one attached hydrogen (secondary N) is 2. The van der Waals surface area contributed by atoms with Crippen molar-refractivity contribution in [1.82, 2.24) is 9.97 Å². The van der Waals surface area contributed by atoms with Gasteiger partial charge in [-0.15, -0.1) is 0 Å². The molecule has 1 heterocycles. The molecule has 0 aliphatic carbocycles. The van der Waals surface area contributed by atoms with Crippen LogP contribution in [0.3, 0.4) is 0 Å². The molecule has 0 aliphatic heterocycles. The standard InChI is InChI=1S/C12H16N2O/c1-12(2,3)7-8-4-5-9-10(6-8)14-11(15)13-9/h4-6H,7H2,1-3H3,(H2,13,14,15). The van der Waals surface area contributed by atoms with Crippen LogP contribution in [-0.2, 0) is 6.42 Å². The van der Waals surface area contributed by atoms with Gasteiger partial charge in [0.1, 0.15) is 0 Å². The van der Waals surface area contributed by atoms with Gasteiger partial charge in [0.15, 0.2) is 0 Å². The van der Waals surface area contributed by atoms with E-state index >= 15 is 0 Å². The molecule has 0 unspecified atom stereocenters. The predicted octanol–water partition coefficient (Wildman–Crippen LogP) is 2.44. The second-order valence-corrected chi connectivity index (χ2v) is 5.20. The Kier molecular flexibility index (Phi) is 2.18. The molecule has 3 heteroatoms. The van der Waals surface area contributed by atoms with Gasteiger partial charge in [0.05, 0.1) is 11.0 Å². The number of rotatable bonds is 1. The van der Waals surface area contributed by atoms with Gasteiger partial charge in [-0.2, -0.15) is 0 Å². The minimum atomic E-state index is -0.141. The van der Waals surface area contributed by atoms with E-state index in [1.54, 1.807) is 0 Å². The van der Waals surface area contributed by atoms with Gasteiger partial charge in [0.25, 0.3) is 0 Å². The summed E-state index contributed by atoms with van der Waals surface area (Å²) >= 11 is 0. The van der Waals surface area contributed by atoms with Crippen molar-refractivity contribution in [2.45, 2.75) is 27.2 Å². The fraction of sp³-hybridized carbons (Fsp3) is 0.417. The van der Waals surface area contributed by atoms with E-state index in [1.807, 2.05) is 12.1 Å². The SMILES string of the molecule is CC(C)(C)Cc1ccc2[nH]c(=O)[nH]c2c1. The molecule has 2 N–H and O–H groups in total. The molecule has 0 saturated carbocycles. The molecule has 0 atom stereocenters. The monoisotopic (exact) mass is 204 g/mol. The highest BCUT2D eigenvalue weighted by Gasteiger charge is 2.11. The van der Waals surface area contributed by atoms with E-state index < -0.39 is 0 Å². The Hall–Kier alpha value is -1.51. The molecule has 0 spiro atoms. The smallest absolute Gasteiger partial charge is 0.306 e. The fourth-order valence-corrected chi connectivity index (χ4v) is 1.80. The predicted molar refractivity (Wildman–Crippen MR) is 62.1 cm³/mol. The van der Waals surface area contributed by atoms with Gasteiger partial charge in [-0.1, -0.05) is 26.8 Å². The zero-order valence-corrected chi connectivity index (χ0v) is 9.35. The first kappa shape index (κ1) is 10.0. The topological polar surface area (TPSA) is 48.6 Å². The quantitative estimate of drug-likeness (QED) is 0.736. The van der Waals surface area contributed by atoms with E-state index in [9.17, 15) is 4.79 Å². The van der Waals surface area contributed by atoms with Crippen LogP contribution in [0, 0.1) is 5.41 Å². The number of fused-ring (bicyclic) bond motifs is 1. The Bertz CT molecular complexity index is 528. The molecular weight excluding hydrogens is 188 g/mol. The number of imidazole rings is 1. The number of H-pyrrole nitrogens is 2. The largest absolute Gasteiger partial charge is 0.323 e. The van der Waals surface area contributed by atoms with Crippen molar-refractivity contribution in [1.29, 1.82) is 0 Å². The molecule has 0 saturated heterocycles. The molecule has 0 aliphatic rings. The first-order valence-corrected chi connectivity index (χ1v) is 5.15. The number of aromatic amines is 2. The Morgan fingerprint density at radius 2 is 1.80 bits per heavy atom. The average molecular weight is 204 g/mol. The van der Waals surface area contributed by atoms with E-state index in [0.717, 1.165) is 17.5 Å². The van der Waals surface area contributed by atoms with Crippen LogP contribution in [0.15, 0.2) is 23.0 Å². The van der Waals surface area contributed by atoms with Gasteiger partial charge in [0, 0.05) is 0 Å². The maximum absolute atomic E-state index is 11.1. The normalized spacial score (nSPS) is 12.2. The lowest BCUT2D eigenvalue weighted by molar-refractivity contribution is 0.411. The average Bonchev–Trinajstić information content (AvgIpc) is 2.40. The maximum Gasteiger partial charge on any atom is 0.323 e. The Morgan fingerprint density at radius 1 is 1.13 bits per heavy atom. The highest BCUT2D eigenvalue weighted by molar-refractivity contribution is 5.75. The van der Waals surface area contributed by atoms with Crippen molar-refractivity contribution in [3.63, 3.8) is 0 Å². The van der Waals surface area contributed by atoms with Crippen molar-refractivity contribution in [2.75, 3.05) is 0 Å². The molecule has 0 fully saturated rings. The van der Waals surface area contributed by atoms with Crippen molar-refractivity contribution in [3.05, 3.63) is 34.2 Å². The maximum atomic E-state index is 11.1. The third-order valence-corrected chi connectivity index (χ3v) is 2.31. The van der Waals surface area contributed by atoms with E-state index in [4.69, 9.17) is 0 Å². The zero-order valence-electron chi connectivity index (χ0n) is 9.35. The van der Waals surface area contributed by atoms with Gasteiger partial charge in [-0.05, 0) is 29.5 Å². The molecule has 2 aromatic rings. The van der Waals surface area contributed by atoms with Crippen molar-refractivity contribution >= 4 is 11.0 Å². The summed E-state index contributed by atoms with van der Waals surface area (Å²) in [6.07, 6.45) is 1.01. The van der Waals surface area contributed by atoms with Gasteiger partial charge in [-0.25, -0.2) is 4.79 Å². The molecule has 0 bridgehead atoms. The second-order valence-electron chi connectivity index (χ2n) is 5.20. The molecule has 0 amide bonds. The minimum Gasteiger partial charge on any atom is -0.306 e. The van der Waals surface area contributed by atoms with E-state index in [0.29, 0.717) is 0 Å². The highest BCUT2D eigenvalue weighted by Crippen LogP contribution is 2.21. The number of hydrogen-bond donors (Lipinski definition) is 2. The van der Waals surface area contributed by atoms with Crippen molar-refractivity contribution in [2.24, 2.45) is 5.41 Å². The molecular formula is C12H16N2O. The summed E-state index contributed by atoms with van der Waals surface area (Å²) in [6, 6.07) is 6.06. The molecule has 0 radical (unpaired) electrons. The van der Waals surface area contributed by atoms with E-state index in [-0.39, 0.29) is 11.1 Å². The molecule has 1 aromatic heterocycles. The summed E-state index contributed by atoms with van der Waals surface area (Å²) in [6.45, 7) is 6.62.